The van der Waals surface area contributed by atoms with Gasteiger partial charge in [-0.15, -0.1) is 0 Å². The molecule has 0 spiro atoms. The highest BCUT2D eigenvalue weighted by Gasteiger charge is 2.05. The Kier molecular flexibility index (Phi) is 2.64. The Morgan fingerprint density at radius 3 is 2.50 bits per heavy atom. The van der Waals surface area contributed by atoms with Crippen molar-refractivity contribution in [2.75, 3.05) is 0 Å². The molecule has 14 heavy (non-hydrogen) atoms. The van der Waals surface area contributed by atoms with Gasteiger partial charge < -0.3 is 4.79 Å². The first-order chi connectivity index (χ1) is 6.81. The molecule has 2 aromatic rings. The molecule has 0 aliphatic heterocycles. The fourth-order valence-corrected chi connectivity index (χ4v) is 1.74. The van der Waals surface area contributed by atoms with Crippen LogP contribution in [0.5, 0.6) is 0 Å². The van der Waals surface area contributed by atoms with Crippen LogP contribution < -0.4 is 0 Å². The summed E-state index contributed by atoms with van der Waals surface area (Å²) in [5.74, 6) is 0. The molecule has 1 atom stereocenters. The lowest BCUT2D eigenvalue weighted by molar-refractivity contribution is -0.107. The van der Waals surface area contributed by atoms with Crippen molar-refractivity contribution in [1.82, 2.24) is 0 Å². The van der Waals surface area contributed by atoms with E-state index >= 15 is 0 Å². The molecule has 0 bridgehead atoms. The van der Waals surface area contributed by atoms with Crippen molar-refractivity contribution in [2.45, 2.75) is 4.83 Å². The van der Waals surface area contributed by atoms with Gasteiger partial charge in [0.15, 0.2) is 0 Å². The number of aldehydes is 1. The van der Waals surface area contributed by atoms with Crippen molar-refractivity contribution in [3.63, 3.8) is 0 Å². The lowest BCUT2D eigenvalue weighted by atomic mass is 10.1. The van der Waals surface area contributed by atoms with Crippen LogP contribution in [0, 0.1) is 0 Å². The number of hydrogen-bond acceptors (Lipinski definition) is 1. The van der Waals surface area contributed by atoms with E-state index in [0.29, 0.717) is 0 Å². The van der Waals surface area contributed by atoms with E-state index in [-0.39, 0.29) is 4.83 Å². The van der Waals surface area contributed by atoms with Gasteiger partial charge in [0.25, 0.3) is 0 Å². The molecular weight excluding hydrogens is 240 g/mol. The Morgan fingerprint density at radius 1 is 1.07 bits per heavy atom. The van der Waals surface area contributed by atoms with Crippen LogP contribution in [0.2, 0.25) is 0 Å². The van der Waals surface area contributed by atoms with Gasteiger partial charge in [-0.25, -0.2) is 0 Å². The predicted octanol–water partition coefficient (Wildman–Crippen LogP) is 3.47. The Morgan fingerprint density at radius 2 is 1.79 bits per heavy atom. The zero-order valence-electron chi connectivity index (χ0n) is 7.48. The van der Waals surface area contributed by atoms with Crippen LogP contribution >= 0.6 is 15.9 Å². The van der Waals surface area contributed by atoms with Crippen molar-refractivity contribution < 1.29 is 4.79 Å². The van der Waals surface area contributed by atoms with E-state index in [1.54, 1.807) is 0 Å². The molecule has 2 aromatic carbocycles. The molecule has 2 rings (SSSR count). The molecular formula is C12H9BrO. The third-order valence-corrected chi connectivity index (χ3v) is 2.96. The molecule has 0 unspecified atom stereocenters. The molecule has 1 nitrogen and oxygen atoms in total. The molecule has 2 heteroatoms. The Balaban J connectivity index is 2.56. The number of carbonyl (C=O) groups excluding carboxylic acids is 1. The first-order valence-corrected chi connectivity index (χ1v) is 5.31. The minimum Gasteiger partial charge on any atom is -0.302 e. The summed E-state index contributed by atoms with van der Waals surface area (Å²) in [6.45, 7) is 0. The fraction of sp³-hybridized carbons (Fsp3) is 0.0833. The van der Waals surface area contributed by atoms with Crippen LogP contribution in [0.15, 0.2) is 42.5 Å². The fourth-order valence-electron chi connectivity index (χ4n) is 1.46. The van der Waals surface area contributed by atoms with E-state index in [1.807, 2.05) is 36.4 Å². The van der Waals surface area contributed by atoms with Gasteiger partial charge in [0, 0.05) is 0 Å². The lowest BCUT2D eigenvalue weighted by Gasteiger charge is -2.04. The minimum absolute atomic E-state index is 0.202. The van der Waals surface area contributed by atoms with Gasteiger partial charge in [0.1, 0.15) is 6.29 Å². The second-order valence-corrected chi connectivity index (χ2v) is 4.13. The minimum atomic E-state index is -0.202. The van der Waals surface area contributed by atoms with E-state index in [1.165, 1.54) is 5.39 Å². The van der Waals surface area contributed by atoms with E-state index in [2.05, 4.69) is 22.0 Å². The molecule has 0 heterocycles. The highest BCUT2D eigenvalue weighted by atomic mass is 79.9. The van der Waals surface area contributed by atoms with Crippen LogP contribution in [0.4, 0.5) is 0 Å². The Bertz CT molecular complexity index is 465. The number of alkyl halides is 1. The highest BCUT2D eigenvalue weighted by Crippen LogP contribution is 2.24. The van der Waals surface area contributed by atoms with Crippen LogP contribution in [-0.4, -0.2) is 6.29 Å². The predicted molar refractivity (Wildman–Crippen MR) is 61.7 cm³/mol. The van der Waals surface area contributed by atoms with Gasteiger partial charge in [0.05, 0.1) is 4.83 Å². The van der Waals surface area contributed by atoms with E-state index in [4.69, 9.17) is 0 Å². The summed E-state index contributed by atoms with van der Waals surface area (Å²) in [4.78, 5) is 10.4. The molecule has 0 aromatic heterocycles. The maximum Gasteiger partial charge on any atom is 0.138 e. The molecule has 0 saturated heterocycles. The zero-order valence-corrected chi connectivity index (χ0v) is 9.07. The molecule has 0 radical (unpaired) electrons. The van der Waals surface area contributed by atoms with Crippen LogP contribution in [0.25, 0.3) is 10.8 Å². The summed E-state index contributed by atoms with van der Waals surface area (Å²) in [7, 11) is 0. The third-order valence-electron chi connectivity index (χ3n) is 2.21. The number of benzene rings is 2. The Labute approximate surface area is 90.9 Å². The quantitative estimate of drug-likeness (QED) is 0.588. The van der Waals surface area contributed by atoms with Gasteiger partial charge in [-0.1, -0.05) is 52.3 Å². The summed E-state index contributed by atoms with van der Waals surface area (Å²) in [6, 6.07) is 14.1. The number of rotatable bonds is 2. The SMILES string of the molecule is O=C[C@@H](Br)c1ccc2ccccc2c1. The monoisotopic (exact) mass is 248 g/mol. The summed E-state index contributed by atoms with van der Waals surface area (Å²) in [5.41, 5.74) is 0.999. The number of fused-ring (bicyclic) bond motifs is 1. The normalized spacial score (nSPS) is 12.6. The molecule has 0 N–H and O–H groups in total. The van der Waals surface area contributed by atoms with Gasteiger partial charge in [-0.3, -0.25) is 0 Å². The average molecular weight is 249 g/mol. The maximum absolute atomic E-state index is 10.6. The average Bonchev–Trinajstić information content (AvgIpc) is 2.27. The van der Waals surface area contributed by atoms with E-state index in [9.17, 15) is 4.79 Å². The van der Waals surface area contributed by atoms with Gasteiger partial charge in [-0.05, 0) is 22.4 Å². The second-order valence-electron chi connectivity index (χ2n) is 3.14. The molecule has 70 valence electrons. The summed E-state index contributed by atoms with van der Waals surface area (Å²) in [6.07, 6.45) is 0.893. The van der Waals surface area contributed by atoms with Crippen molar-refractivity contribution in [3.05, 3.63) is 48.0 Å². The summed E-state index contributed by atoms with van der Waals surface area (Å²) >= 11 is 3.30. The van der Waals surface area contributed by atoms with Gasteiger partial charge in [0.2, 0.25) is 0 Å². The molecule has 0 aliphatic carbocycles. The number of carbonyl (C=O) groups is 1. The highest BCUT2D eigenvalue weighted by molar-refractivity contribution is 9.09. The van der Waals surface area contributed by atoms with Crippen molar-refractivity contribution in [2.24, 2.45) is 0 Å². The van der Waals surface area contributed by atoms with Crippen molar-refractivity contribution in [1.29, 1.82) is 0 Å². The summed E-state index contributed by atoms with van der Waals surface area (Å²) < 4.78 is 0. The van der Waals surface area contributed by atoms with Gasteiger partial charge in [-0.2, -0.15) is 0 Å². The van der Waals surface area contributed by atoms with Crippen LogP contribution in [0.1, 0.15) is 10.4 Å². The first kappa shape index (κ1) is 9.41. The molecule has 0 saturated carbocycles. The molecule has 0 aliphatic rings. The number of halogens is 1. The first-order valence-electron chi connectivity index (χ1n) is 4.39. The maximum atomic E-state index is 10.6. The smallest absolute Gasteiger partial charge is 0.138 e. The second kappa shape index (κ2) is 3.93. The van der Waals surface area contributed by atoms with E-state index < -0.39 is 0 Å². The third kappa shape index (κ3) is 1.70. The topological polar surface area (TPSA) is 17.1 Å². The zero-order chi connectivity index (χ0) is 9.97. The Hall–Kier alpha value is -1.15. The largest absolute Gasteiger partial charge is 0.302 e. The standard InChI is InChI=1S/C12H9BrO/c13-12(8-14)11-6-5-9-3-1-2-4-10(9)7-11/h1-8,12H/t12-/m1/s1. The van der Waals surface area contributed by atoms with Crippen LogP contribution in [0.3, 0.4) is 0 Å². The molecule has 0 fully saturated rings. The molecule has 0 amide bonds. The lowest BCUT2D eigenvalue weighted by Crippen LogP contribution is -1.89. The van der Waals surface area contributed by atoms with Crippen LogP contribution in [-0.2, 0) is 4.79 Å². The summed E-state index contributed by atoms with van der Waals surface area (Å²) in [5, 5.41) is 2.36. The number of hydrogen-bond donors (Lipinski definition) is 0. The van der Waals surface area contributed by atoms with Crippen molar-refractivity contribution in [3.8, 4) is 0 Å². The van der Waals surface area contributed by atoms with E-state index in [0.717, 1.165) is 17.2 Å². The van der Waals surface area contributed by atoms with Crippen molar-refractivity contribution >= 4 is 33.0 Å². The van der Waals surface area contributed by atoms with Gasteiger partial charge >= 0.3 is 0 Å².